The van der Waals surface area contributed by atoms with Gasteiger partial charge < -0.3 is 5.32 Å². The summed E-state index contributed by atoms with van der Waals surface area (Å²) in [5.41, 5.74) is 2.88. The normalized spacial score (nSPS) is 25.4. The van der Waals surface area contributed by atoms with E-state index >= 15 is 0 Å². The monoisotopic (exact) mass is 251 g/mol. The molecule has 74 valence electrons. The van der Waals surface area contributed by atoms with Crippen molar-refractivity contribution in [2.45, 2.75) is 25.2 Å². The first-order valence-corrected chi connectivity index (χ1v) is 6.17. The van der Waals surface area contributed by atoms with Gasteiger partial charge in [-0.1, -0.05) is 22.4 Å². The summed E-state index contributed by atoms with van der Waals surface area (Å²) >= 11 is 3.55. The number of hydrogen-bond acceptors (Lipinski definition) is 1. The van der Waals surface area contributed by atoms with E-state index < -0.39 is 0 Å². The molecule has 0 radical (unpaired) electrons. The Morgan fingerprint density at radius 1 is 1.29 bits per heavy atom. The van der Waals surface area contributed by atoms with Crippen molar-refractivity contribution in [1.29, 1.82) is 0 Å². The highest BCUT2D eigenvalue weighted by Gasteiger charge is 2.33. The standard InChI is InChI=1S/C12H14BrN/c13-9-4-5-12-10(6-9)11(7-14-12)8-2-1-3-8/h4-6,8,11,14H,1-3,7H2. The van der Waals surface area contributed by atoms with Crippen LogP contribution in [-0.2, 0) is 0 Å². The molecule has 1 fully saturated rings. The van der Waals surface area contributed by atoms with Crippen LogP contribution in [0.2, 0.25) is 0 Å². The summed E-state index contributed by atoms with van der Waals surface area (Å²) < 4.78 is 1.21. The molecule has 1 aromatic carbocycles. The van der Waals surface area contributed by atoms with Crippen LogP contribution in [0.5, 0.6) is 0 Å². The maximum absolute atomic E-state index is 3.55. The van der Waals surface area contributed by atoms with Crippen molar-refractivity contribution in [2.24, 2.45) is 5.92 Å². The van der Waals surface area contributed by atoms with E-state index in [0.29, 0.717) is 0 Å². The summed E-state index contributed by atoms with van der Waals surface area (Å²) in [7, 11) is 0. The molecule has 0 aromatic heterocycles. The van der Waals surface area contributed by atoms with Crippen molar-refractivity contribution in [3.8, 4) is 0 Å². The molecule has 1 unspecified atom stereocenters. The van der Waals surface area contributed by atoms with Crippen LogP contribution in [0.1, 0.15) is 30.7 Å². The van der Waals surface area contributed by atoms with Crippen molar-refractivity contribution in [3.05, 3.63) is 28.2 Å². The summed E-state index contributed by atoms with van der Waals surface area (Å²) in [6.45, 7) is 1.15. The molecule has 2 aliphatic rings. The predicted molar refractivity (Wildman–Crippen MR) is 62.7 cm³/mol. The van der Waals surface area contributed by atoms with Crippen molar-refractivity contribution in [1.82, 2.24) is 0 Å². The van der Waals surface area contributed by atoms with Crippen molar-refractivity contribution >= 4 is 21.6 Å². The summed E-state index contributed by atoms with van der Waals surface area (Å²) in [5, 5.41) is 3.51. The zero-order chi connectivity index (χ0) is 9.54. The third-order valence-corrected chi connectivity index (χ3v) is 4.14. The number of anilines is 1. The fourth-order valence-corrected chi connectivity index (χ4v) is 2.97. The lowest BCUT2D eigenvalue weighted by Gasteiger charge is -2.31. The molecule has 2 heteroatoms. The van der Waals surface area contributed by atoms with Gasteiger partial charge >= 0.3 is 0 Å². The Morgan fingerprint density at radius 3 is 2.86 bits per heavy atom. The van der Waals surface area contributed by atoms with Gasteiger partial charge in [-0.15, -0.1) is 0 Å². The van der Waals surface area contributed by atoms with E-state index in [4.69, 9.17) is 0 Å². The van der Waals surface area contributed by atoms with E-state index in [0.717, 1.165) is 18.4 Å². The minimum atomic E-state index is 0.774. The quantitative estimate of drug-likeness (QED) is 0.802. The molecule has 1 aliphatic carbocycles. The molecule has 1 nitrogen and oxygen atoms in total. The highest BCUT2D eigenvalue weighted by atomic mass is 79.9. The molecule has 1 aromatic rings. The first kappa shape index (κ1) is 8.78. The Labute approximate surface area is 93.0 Å². The topological polar surface area (TPSA) is 12.0 Å². The third kappa shape index (κ3) is 1.28. The maximum atomic E-state index is 3.55. The van der Waals surface area contributed by atoms with Crippen molar-refractivity contribution < 1.29 is 0 Å². The molecule has 0 bridgehead atoms. The van der Waals surface area contributed by atoms with Gasteiger partial charge in [0, 0.05) is 22.6 Å². The first-order valence-electron chi connectivity index (χ1n) is 5.38. The maximum Gasteiger partial charge on any atom is 0.0377 e. The van der Waals surface area contributed by atoms with Gasteiger partial charge in [0.1, 0.15) is 0 Å². The lowest BCUT2D eigenvalue weighted by molar-refractivity contribution is 0.272. The molecule has 1 aliphatic heterocycles. The molecule has 1 saturated carbocycles. The first-order chi connectivity index (χ1) is 6.84. The average Bonchev–Trinajstić information content (AvgIpc) is 2.46. The van der Waals surface area contributed by atoms with Crippen molar-refractivity contribution in [3.63, 3.8) is 0 Å². The molecule has 1 N–H and O–H groups in total. The number of nitrogens with one attached hydrogen (secondary N) is 1. The number of halogens is 1. The molecule has 0 amide bonds. The lowest BCUT2D eigenvalue weighted by Crippen LogP contribution is -2.21. The average molecular weight is 252 g/mol. The van der Waals surface area contributed by atoms with Crippen LogP contribution in [0.3, 0.4) is 0 Å². The van der Waals surface area contributed by atoms with Crippen molar-refractivity contribution in [2.75, 3.05) is 11.9 Å². The highest BCUT2D eigenvalue weighted by Crippen LogP contribution is 2.45. The van der Waals surface area contributed by atoms with Crippen LogP contribution < -0.4 is 5.32 Å². The molecule has 0 spiro atoms. The van der Waals surface area contributed by atoms with Crippen LogP contribution in [-0.4, -0.2) is 6.54 Å². The molecular weight excluding hydrogens is 238 g/mol. The molecule has 1 heterocycles. The largest absolute Gasteiger partial charge is 0.384 e. The molecular formula is C12H14BrN. The van der Waals surface area contributed by atoms with Gasteiger partial charge in [-0.25, -0.2) is 0 Å². The van der Waals surface area contributed by atoms with Crippen LogP contribution in [0.15, 0.2) is 22.7 Å². The van der Waals surface area contributed by atoms with E-state index in [-0.39, 0.29) is 0 Å². The van der Waals surface area contributed by atoms with Gasteiger partial charge in [0.15, 0.2) is 0 Å². The summed E-state index contributed by atoms with van der Waals surface area (Å²) in [5.74, 6) is 1.72. The molecule has 14 heavy (non-hydrogen) atoms. The summed E-state index contributed by atoms with van der Waals surface area (Å²) in [6, 6.07) is 6.60. The van der Waals surface area contributed by atoms with Gasteiger partial charge in [-0.2, -0.15) is 0 Å². The Morgan fingerprint density at radius 2 is 2.14 bits per heavy atom. The Bertz CT molecular complexity index is 357. The van der Waals surface area contributed by atoms with Gasteiger partial charge in [0.2, 0.25) is 0 Å². The molecule has 0 saturated heterocycles. The highest BCUT2D eigenvalue weighted by molar-refractivity contribution is 9.10. The number of benzene rings is 1. The second-order valence-electron chi connectivity index (χ2n) is 4.41. The van der Waals surface area contributed by atoms with Gasteiger partial charge in [-0.05, 0) is 42.5 Å². The predicted octanol–water partition coefficient (Wildman–Crippen LogP) is 3.76. The Hall–Kier alpha value is -0.500. The van der Waals surface area contributed by atoms with Gasteiger partial charge in [0.05, 0.1) is 0 Å². The van der Waals surface area contributed by atoms with Crippen LogP contribution >= 0.6 is 15.9 Å². The number of hydrogen-bond donors (Lipinski definition) is 1. The SMILES string of the molecule is Brc1ccc2c(c1)C(C1CCC1)CN2. The van der Waals surface area contributed by atoms with Crippen LogP contribution in [0.25, 0.3) is 0 Å². The zero-order valence-corrected chi connectivity index (χ0v) is 9.68. The second kappa shape index (κ2) is 3.27. The van der Waals surface area contributed by atoms with E-state index in [1.807, 2.05) is 0 Å². The Kier molecular flexibility index (Phi) is 2.05. The fourth-order valence-electron chi connectivity index (χ4n) is 2.59. The summed E-state index contributed by atoms with van der Waals surface area (Å²) in [4.78, 5) is 0. The number of rotatable bonds is 1. The second-order valence-corrected chi connectivity index (χ2v) is 5.33. The smallest absolute Gasteiger partial charge is 0.0377 e. The minimum Gasteiger partial charge on any atom is -0.384 e. The van der Waals surface area contributed by atoms with E-state index in [1.165, 1.54) is 35.0 Å². The van der Waals surface area contributed by atoms with E-state index in [9.17, 15) is 0 Å². The van der Waals surface area contributed by atoms with E-state index in [2.05, 4.69) is 39.4 Å². The molecule has 3 rings (SSSR count). The fraction of sp³-hybridized carbons (Fsp3) is 0.500. The van der Waals surface area contributed by atoms with Gasteiger partial charge in [-0.3, -0.25) is 0 Å². The Balaban J connectivity index is 1.95. The van der Waals surface area contributed by atoms with Gasteiger partial charge in [0.25, 0.3) is 0 Å². The van der Waals surface area contributed by atoms with Crippen LogP contribution in [0, 0.1) is 5.92 Å². The third-order valence-electron chi connectivity index (χ3n) is 3.64. The van der Waals surface area contributed by atoms with Crippen LogP contribution in [0.4, 0.5) is 5.69 Å². The summed E-state index contributed by atoms with van der Waals surface area (Å²) in [6.07, 6.45) is 4.29. The van der Waals surface area contributed by atoms with E-state index in [1.54, 1.807) is 0 Å². The lowest BCUT2D eigenvalue weighted by atomic mass is 9.74. The number of fused-ring (bicyclic) bond motifs is 1. The zero-order valence-electron chi connectivity index (χ0n) is 8.09. The minimum absolute atomic E-state index is 0.774. The molecule has 1 atom stereocenters.